The van der Waals surface area contributed by atoms with Gasteiger partial charge < -0.3 is 15.1 Å². The summed E-state index contributed by atoms with van der Waals surface area (Å²) in [6, 6.07) is 17.5. The molecule has 1 aliphatic rings. The van der Waals surface area contributed by atoms with Gasteiger partial charge in [-0.1, -0.05) is 12.1 Å². The number of amides is 1. The number of benzene rings is 2. The molecule has 5 nitrogen and oxygen atoms in total. The largest absolute Gasteiger partial charge is 0.369 e. The summed E-state index contributed by atoms with van der Waals surface area (Å²) in [5, 5.41) is 11.8. The first-order valence-electron chi connectivity index (χ1n) is 8.96. The van der Waals surface area contributed by atoms with Crippen LogP contribution < -0.4 is 10.2 Å². The summed E-state index contributed by atoms with van der Waals surface area (Å²) in [4.78, 5) is 16.9. The van der Waals surface area contributed by atoms with E-state index in [2.05, 4.69) is 40.4 Å². The number of nitrogens with one attached hydrogen (secondary N) is 1. The molecule has 1 saturated heterocycles. The average Bonchev–Trinajstić information content (AvgIpc) is 2.68. The lowest BCUT2D eigenvalue weighted by atomic mass is 10.1. The molecule has 5 heteroatoms. The smallest absolute Gasteiger partial charge is 0.224 e. The fraction of sp³-hybridized carbons (Fsp3) is 0.333. The fourth-order valence-electron chi connectivity index (χ4n) is 3.05. The molecule has 134 valence electrons. The zero-order valence-electron chi connectivity index (χ0n) is 15.1. The second kappa shape index (κ2) is 8.50. The van der Waals surface area contributed by atoms with Crippen LogP contribution in [0.15, 0.2) is 48.5 Å². The van der Waals surface area contributed by atoms with Gasteiger partial charge in [0.1, 0.15) is 0 Å². The Bertz CT molecular complexity index is 769. The Hall–Kier alpha value is -2.84. The molecule has 0 aliphatic carbocycles. The lowest BCUT2D eigenvalue weighted by Crippen LogP contribution is -2.44. The van der Waals surface area contributed by atoms with Gasteiger partial charge >= 0.3 is 0 Å². The molecule has 0 spiro atoms. The molecule has 0 atom stereocenters. The van der Waals surface area contributed by atoms with Crippen LogP contribution in [0.2, 0.25) is 0 Å². The summed E-state index contributed by atoms with van der Waals surface area (Å²) >= 11 is 0. The van der Waals surface area contributed by atoms with Crippen LogP contribution in [0.4, 0.5) is 11.4 Å². The SMILES string of the molecule is CN1CCN(c2ccc(NC(=O)CCc3ccc(C#N)cc3)cc2)CC1. The molecule has 1 aliphatic heterocycles. The van der Waals surface area contributed by atoms with Gasteiger partial charge in [0.05, 0.1) is 11.6 Å². The number of rotatable bonds is 5. The van der Waals surface area contributed by atoms with E-state index >= 15 is 0 Å². The maximum atomic E-state index is 12.2. The van der Waals surface area contributed by atoms with Crippen molar-refractivity contribution in [2.45, 2.75) is 12.8 Å². The molecule has 0 saturated carbocycles. The van der Waals surface area contributed by atoms with Gasteiger partial charge in [-0.25, -0.2) is 0 Å². The van der Waals surface area contributed by atoms with Crippen LogP contribution in [0, 0.1) is 11.3 Å². The third kappa shape index (κ3) is 4.84. The molecule has 0 unspecified atom stereocenters. The second-order valence-electron chi connectivity index (χ2n) is 6.69. The first-order chi connectivity index (χ1) is 12.6. The third-order valence-electron chi connectivity index (χ3n) is 4.74. The first-order valence-corrected chi connectivity index (χ1v) is 8.96. The van der Waals surface area contributed by atoms with Gasteiger partial charge in [0.15, 0.2) is 0 Å². The van der Waals surface area contributed by atoms with Crippen molar-refractivity contribution < 1.29 is 4.79 Å². The van der Waals surface area contributed by atoms with Gasteiger partial charge in [0, 0.05) is 44.0 Å². The number of carbonyl (C=O) groups excluding carboxylic acids is 1. The van der Waals surface area contributed by atoms with Gasteiger partial charge in [-0.2, -0.15) is 5.26 Å². The molecule has 1 N–H and O–H groups in total. The van der Waals surface area contributed by atoms with Crippen molar-refractivity contribution >= 4 is 17.3 Å². The summed E-state index contributed by atoms with van der Waals surface area (Å²) in [5.41, 5.74) is 3.73. The van der Waals surface area contributed by atoms with E-state index < -0.39 is 0 Å². The van der Waals surface area contributed by atoms with Crippen molar-refractivity contribution in [3.8, 4) is 6.07 Å². The highest BCUT2D eigenvalue weighted by Gasteiger charge is 2.14. The standard InChI is InChI=1S/C21H24N4O/c1-24-12-14-25(15-13-24)20-9-7-19(8-10-20)23-21(26)11-6-17-2-4-18(16-22)5-3-17/h2-5,7-10H,6,11-15H2,1H3,(H,23,26). The summed E-state index contributed by atoms with van der Waals surface area (Å²) in [6.07, 6.45) is 1.09. The van der Waals surface area contributed by atoms with Crippen LogP contribution in [-0.4, -0.2) is 44.0 Å². The van der Waals surface area contributed by atoms with Crippen LogP contribution in [-0.2, 0) is 11.2 Å². The molecule has 0 aromatic heterocycles. The van der Waals surface area contributed by atoms with E-state index in [0.717, 1.165) is 37.4 Å². The van der Waals surface area contributed by atoms with Crippen molar-refractivity contribution in [2.75, 3.05) is 43.4 Å². The maximum absolute atomic E-state index is 12.2. The minimum Gasteiger partial charge on any atom is -0.369 e. The normalized spacial score (nSPS) is 14.7. The summed E-state index contributed by atoms with van der Waals surface area (Å²) < 4.78 is 0. The predicted octanol–water partition coefficient (Wildman–Crippen LogP) is 2.88. The number of carbonyl (C=O) groups is 1. The minimum absolute atomic E-state index is 0.00158. The maximum Gasteiger partial charge on any atom is 0.224 e. The van der Waals surface area contributed by atoms with Crippen molar-refractivity contribution in [3.05, 3.63) is 59.7 Å². The third-order valence-corrected chi connectivity index (χ3v) is 4.74. The Morgan fingerprint density at radius 1 is 1.04 bits per heavy atom. The molecule has 1 heterocycles. The average molecular weight is 348 g/mol. The molecule has 1 amide bonds. The first kappa shape index (κ1) is 18.0. The molecule has 0 bridgehead atoms. The van der Waals surface area contributed by atoms with Crippen LogP contribution in [0.25, 0.3) is 0 Å². The van der Waals surface area contributed by atoms with E-state index in [0.29, 0.717) is 18.4 Å². The van der Waals surface area contributed by atoms with Crippen LogP contribution in [0.5, 0.6) is 0 Å². The number of piperazine rings is 1. The Kier molecular flexibility index (Phi) is 5.88. The Morgan fingerprint density at radius 3 is 2.31 bits per heavy atom. The number of nitrogens with zero attached hydrogens (tertiary/aromatic N) is 3. The summed E-state index contributed by atoms with van der Waals surface area (Å²) in [5.74, 6) is 0.00158. The number of nitriles is 1. The van der Waals surface area contributed by atoms with Gasteiger partial charge in [0.25, 0.3) is 0 Å². The van der Waals surface area contributed by atoms with E-state index in [1.165, 1.54) is 5.69 Å². The second-order valence-corrected chi connectivity index (χ2v) is 6.69. The van der Waals surface area contributed by atoms with Crippen molar-refractivity contribution in [3.63, 3.8) is 0 Å². The van der Waals surface area contributed by atoms with Crippen LogP contribution in [0.1, 0.15) is 17.5 Å². The van der Waals surface area contributed by atoms with Crippen LogP contribution in [0.3, 0.4) is 0 Å². The molecular formula is C21H24N4O. The highest BCUT2D eigenvalue weighted by Crippen LogP contribution is 2.19. The van der Waals surface area contributed by atoms with Crippen molar-refractivity contribution in [2.24, 2.45) is 0 Å². The molecule has 26 heavy (non-hydrogen) atoms. The predicted molar refractivity (Wildman–Crippen MR) is 104 cm³/mol. The Balaban J connectivity index is 1.48. The highest BCUT2D eigenvalue weighted by molar-refractivity contribution is 5.91. The lowest BCUT2D eigenvalue weighted by molar-refractivity contribution is -0.116. The lowest BCUT2D eigenvalue weighted by Gasteiger charge is -2.34. The quantitative estimate of drug-likeness (QED) is 0.903. The van der Waals surface area contributed by atoms with Gasteiger partial charge in [0.2, 0.25) is 5.91 Å². The Morgan fingerprint density at radius 2 is 1.69 bits per heavy atom. The molecule has 0 radical (unpaired) electrons. The van der Waals surface area contributed by atoms with Gasteiger partial charge in [-0.15, -0.1) is 0 Å². The van der Waals surface area contributed by atoms with Crippen molar-refractivity contribution in [1.29, 1.82) is 5.26 Å². The van der Waals surface area contributed by atoms with E-state index in [9.17, 15) is 4.79 Å². The fourth-order valence-corrected chi connectivity index (χ4v) is 3.05. The topological polar surface area (TPSA) is 59.4 Å². The van der Waals surface area contributed by atoms with Gasteiger partial charge in [-0.3, -0.25) is 4.79 Å². The molecule has 1 fully saturated rings. The monoisotopic (exact) mass is 348 g/mol. The summed E-state index contributed by atoms with van der Waals surface area (Å²) in [7, 11) is 2.15. The number of hydrogen-bond donors (Lipinski definition) is 1. The number of anilines is 2. The molecule has 3 rings (SSSR count). The van der Waals surface area contributed by atoms with Crippen molar-refractivity contribution in [1.82, 2.24) is 4.90 Å². The van der Waals surface area contributed by atoms with Gasteiger partial charge in [-0.05, 0) is 55.4 Å². The minimum atomic E-state index is 0.00158. The Labute approximate surface area is 154 Å². The molecule has 2 aromatic carbocycles. The van der Waals surface area contributed by atoms with E-state index in [-0.39, 0.29) is 5.91 Å². The van der Waals surface area contributed by atoms with E-state index in [4.69, 9.17) is 5.26 Å². The van der Waals surface area contributed by atoms with E-state index in [1.807, 2.05) is 24.3 Å². The highest BCUT2D eigenvalue weighted by atomic mass is 16.1. The summed E-state index contributed by atoms with van der Waals surface area (Å²) in [6.45, 7) is 4.22. The number of hydrogen-bond acceptors (Lipinski definition) is 4. The number of aryl methyl sites for hydroxylation is 1. The zero-order chi connectivity index (χ0) is 18.4. The molecule has 2 aromatic rings. The van der Waals surface area contributed by atoms with Crippen LogP contribution >= 0.6 is 0 Å². The van der Waals surface area contributed by atoms with E-state index in [1.54, 1.807) is 12.1 Å². The number of likely N-dealkylation sites (N-methyl/N-ethyl adjacent to an activating group) is 1. The zero-order valence-corrected chi connectivity index (χ0v) is 15.1. The molecular weight excluding hydrogens is 324 g/mol.